The molecule has 1 aliphatic heterocycles. The highest BCUT2D eigenvalue weighted by Crippen LogP contribution is 2.23. The number of carboxylic acids is 1. The molecule has 21 heavy (non-hydrogen) atoms. The van der Waals surface area contributed by atoms with Crippen molar-refractivity contribution in [2.24, 2.45) is 0 Å². The Kier molecular flexibility index (Phi) is 5.96. The predicted octanol–water partition coefficient (Wildman–Crippen LogP) is 3.13. The lowest BCUT2D eigenvalue weighted by atomic mass is 10.0. The van der Waals surface area contributed by atoms with Crippen molar-refractivity contribution < 1.29 is 14.1 Å². The van der Waals surface area contributed by atoms with Gasteiger partial charge in [0.2, 0.25) is 0 Å². The Morgan fingerprint density at radius 3 is 2.90 bits per heavy atom. The molecule has 0 spiro atoms. The normalized spacial score (nSPS) is 21.1. The average Bonchev–Trinajstić information content (AvgIpc) is 2.45. The zero-order chi connectivity index (χ0) is 15.4. The van der Waals surface area contributed by atoms with Crippen molar-refractivity contribution >= 4 is 32.7 Å². The van der Waals surface area contributed by atoms with E-state index in [-0.39, 0.29) is 5.56 Å². The summed E-state index contributed by atoms with van der Waals surface area (Å²) in [6, 6.07) is 5.29. The second-order valence-corrected chi connectivity index (χ2v) is 7.87. The van der Waals surface area contributed by atoms with Gasteiger partial charge in [-0.15, -0.1) is 0 Å². The molecule has 1 aromatic carbocycles. The van der Waals surface area contributed by atoms with Crippen LogP contribution in [-0.2, 0) is 10.8 Å². The van der Waals surface area contributed by atoms with Crippen molar-refractivity contribution in [3.8, 4) is 0 Å². The largest absolute Gasteiger partial charge is 0.478 e. The lowest BCUT2D eigenvalue weighted by Gasteiger charge is -2.32. The van der Waals surface area contributed by atoms with Gasteiger partial charge in [-0.05, 0) is 51.1 Å². The zero-order valence-electron chi connectivity index (χ0n) is 12.0. The summed E-state index contributed by atoms with van der Waals surface area (Å²) in [7, 11) is 0.826. The molecule has 1 N–H and O–H groups in total. The fraction of sp³-hybridized carbons (Fsp3) is 0.533. The van der Waals surface area contributed by atoms with Crippen LogP contribution in [0.25, 0.3) is 0 Å². The summed E-state index contributed by atoms with van der Waals surface area (Å²) in [6.45, 7) is 1.09. The summed E-state index contributed by atoms with van der Waals surface area (Å²) in [4.78, 5) is 14.0. The maximum atomic E-state index is 12.5. The highest BCUT2D eigenvalue weighted by molar-refractivity contribution is 9.10. The molecule has 4 nitrogen and oxygen atoms in total. The quantitative estimate of drug-likeness (QED) is 0.861. The Bertz CT molecular complexity index is 550. The number of hydrogen-bond acceptors (Lipinski definition) is 3. The third-order valence-corrected chi connectivity index (χ3v) is 5.91. The van der Waals surface area contributed by atoms with E-state index in [0.29, 0.717) is 16.7 Å². The summed E-state index contributed by atoms with van der Waals surface area (Å²) in [5.74, 6) is -0.521. The van der Waals surface area contributed by atoms with Gasteiger partial charge >= 0.3 is 5.97 Å². The first-order valence-corrected chi connectivity index (χ1v) is 9.21. The Morgan fingerprint density at radius 1 is 1.48 bits per heavy atom. The van der Waals surface area contributed by atoms with Crippen LogP contribution in [0.1, 0.15) is 36.0 Å². The molecule has 0 amide bonds. The molecule has 116 valence electrons. The summed E-state index contributed by atoms with van der Waals surface area (Å²) in [5, 5.41) is 9.21. The first-order valence-electron chi connectivity index (χ1n) is 7.10. The molecule has 1 heterocycles. The monoisotopic (exact) mass is 373 g/mol. The molecular weight excluding hydrogens is 354 g/mol. The molecule has 0 bridgehead atoms. The molecule has 1 aromatic rings. The Morgan fingerprint density at radius 2 is 2.24 bits per heavy atom. The van der Waals surface area contributed by atoms with E-state index in [4.69, 9.17) is 0 Å². The van der Waals surface area contributed by atoms with E-state index in [1.54, 1.807) is 12.1 Å². The molecule has 1 aliphatic rings. The molecule has 2 unspecified atom stereocenters. The van der Waals surface area contributed by atoms with Gasteiger partial charge in [-0.3, -0.25) is 4.21 Å². The molecule has 0 aromatic heterocycles. The van der Waals surface area contributed by atoms with Crippen LogP contribution < -0.4 is 0 Å². The lowest BCUT2D eigenvalue weighted by Crippen LogP contribution is -2.37. The zero-order valence-corrected chi connectivity index (χ0v) is 14.5. The number of piperidine rings is 1. The number of nitrogens with zero attached hydrogens (tertiary/aromatic N) is 1. The van der Waals surface area contributed by atoms with Crippen molar-refractivity contribution in [3.05, 3.63) is 28.2 Å². The van der Waals surface area contributed by atoms with Crippen molar-refractivity contribution in [2.45, 2.75) is 36.6 Å². The summed E-state index contributed by atoms with van der Waals surface area (Å²) in [6.07, 6.45) is 4.43. The average molecular weight is 374 g/mol. The molecule has 0 aliphatic carbocycles. The molecule has 2 rings (SSSR count). The first kappa shape index (κ1) is 16.6. The number of hydrogen-bond donors (Lipinski definition) is 1. The SMILES string of the molecule is CN1CCCCC1CCS(=O)c1cc(Br)ccc1C(=O)O. The van der Waals surface area contributed by atoms with Crippen LogP contribution >= 0.6 is 15.9 Å². The summed E-state index contributed by atoms with van der Waals surface area (Å²) < 4.78 is 13.2. The lowest BCUT2D eigenvalue weighted by molar-refractivity contribution is 0.0693. The molecule has 6 heteroatoms. The highest BCUT2D eigenvalue weighted by Gasteiger charge is 2.21. The van der Waals surface area contributed by atoms with Gasteiger partial charge in [0.05, 0.1) is 21.3 Å². The van der Waals surface area contributed by atoms with Gasteiger partial charge in [0.1, 0.15) is 0 Å². The standard InChI is InChI=1S/C15H20BrNO3S/c1-17-8-3-2-4-12(17)7-9-21(20)14-10-11(16)5-6-13(14)15(18)19/h5-6,10,12H,2-4,7-9H2,1H3,(H,18,19). The van der Waals surface area contributed by atoms with Gasteiger partial charge in [0.25, 0.3) is 0 Å². The topological polar surface area (TPSA) is 57.6 Å². The van der Waals surface area contributed by atoms with Crippen molar-refractivity contribution in [3.63, 3.8) is 0 Å². The van der Waals surface area contributed by atoms with Crippen molar-refractivity contribution in [2.75, 3.05) is 19.3 Å². The number of rotatable bonds is 5. The van der Waals surface area contributed by atoms with Crippen LogP contribution in [0.4, 0.5) is 0 Å². The third kappa shape index (κ3) is 4.37. The number of halogens is 1. The van der Waals surface area contributed by atoms with E-state index in [0.717, 1.165) is 23.9 Å². The molecule has 1 fully saturated rings. The number of aromatic carboxylic acids is 1. The predicted molar refractivity (Wildman–Crippen MR) is 87.3 cm³/mol. The van der Waals surface area contributed by atoms with E-state index in [9.17, 15) is 14.1 Å². The second-order valence-electron chi connectivity index (χ2n) is 5.41. The number of carbonyl (C=O) groups is 1. The van der Waals surface area contributed by atoms with Gasteiger partial charge in [0, 0.05) is 16.3 Å². The maximum Gasteiger partial charge on any atom is 0.336 e. The van der Waals surface area contributed by atoms with Gasteiger partial charge in [0.15, 0.2) is 0 Å². The van der Waals surface area contributed by atoms with E-state index >= 15 is 0 Å². The maximum absolute atomic E-state index is 12.5. The first-order chi connectivity index (χ1) is 9.99. The Balaban J connectivity index is 2.06. The molecular formula is C15H20BrNO3S. The highest BCUT2D eigenvalue weighted by atomic mass is 79.9. The van der Waals surface area contributed by atoms with E-state index < -0.39 is 16.8 Å². The van der Waals surface area contributed by atoms with E-state index in [1.165, 1.54) is 18.9 Å². The van der Waals surface area contributed by atoms with E-state index in [2.05, 4.69) is 27.9 Å². The minimum atomic E-state index is -1.28. The Hall–Kier alpha value is -0.720. The van der Waals surface area contributed by atoms with Crippen molar-refractivity contribution in [1.82, 2.24) is 4.90 Å². The third-order valence-electron chi connectivity index (χ3n) is 3.98. The van der Waals surface area contributed by atoms with Crippen LogP contribution in [0.5, 0.6) is 0 Å². The fourth-order valence-corrected chi connectivity index (χ4v) is 4.60. The molecule has 0 saturated carbocycles. The number of benzene rings is 1. The summed E-state index contributed by atoms with van der Waals surface area (Å²) >= 11 is 3.32. The molecule has 1 saturated heterocycles. The Labute approximate surface area is 136 Å². The van der Waals surface area contributed by atoms with Gasteiger partial charge in [-0.2, -0.15) is 0 Å². The summed E-state index contributed by atoms with van der Waals surface area (Å²) in [5.41, 5.74) is 0.133. The minimum absolute atomic E-state index is 0.133. The number of carboxylic acid groups (broad SMARTS) is 1. The van der Waals surface area contributed by atoms with Crippen LogP contribution in [0.3, 0.4) is 0 Å². The number of likely N-dealkylation sites (tertiary alicyclic amines) is 1. The van der Waals surface area contributed by atoms with Crippen LogP contribution in [0, 0.1) is 0 Å². The fourth-order valence-electron chi connectivity index (χ4n) is 2.72. The van der Waals surface area contributed by atoms with Gasteiger partial charge in [-0.1, -0.05) is 22.4 Å². The smallest absolute Gasteiger partial charge is 0.336 e. The molecule has 2 atom stereocenters. The van der Waals surface area contributed by atoms with Gasteiger partial charge in [-0.25, -0.2) is 4.79 Å². The van der Waals surface area contributed by atoms with E-state index in [1.807, 2.05) is 0 Å². The van der Waals surface area contributed by atoms with Crippen LogP contribution in [-0.4, -0.2) is 45.6 Å². The van der Waals surface area contributed by atoms with Gasteiger partial charge < -0.3 is 10.0 Å². The minimum Gasteiger partial charge on any atom is -0.478 e. The van der Waals surface area contributed by atoms with Crippen molar-refractivity contribution in [1.29, 1.82) is 0 Å². The second kappa shape index (κ2) is 7.51. The molecule has 0 radical (unpaired) electrons. The van der Waals surface area contributed by atoms with Crippen LogP contribution in [0.15, 0.2) is 27.6 Å². The van der Waals surface area contributed by atoms with Crippen LogP contribution in [0.2, 0.25) is 0 Å².